The average Bonchev–Trinajstić information content (AvgIpc) is 2.72. The molecule has 7 nitrogen and oxygen atoms in total. The van der Waals surface area contributed by atoms with Gasteiger partial charge in [-0.15, -0.1) is 12.6 Å². The molecule has 0 fully saturated rings. The highest BCUT2D eigenvalue weighted by Gasteiger charge is 2.22. The van der Waals surface area contributed by atoms with Crippen molar-refractivity contribution in [2.24, 2.45) is 10.2 Å². The van der Waals surface area contributed by atoms with Gasteiger partial charge in [-0.2, -0.15) is 4.91 Å². The van der Waals surface area contributed by atoms with Gasteiger partial charge in [0.05, 0.1) is 11.3 Å². The van der Waals surface area contributed by atoms with Gasteiger partial charge >= 0.3 is 0 Å². The first-order valence-electron chi connectivity index (χ1n) is 8.84. The van der Waals surface area contributed by atoms with E-state index in [0.29, 0.717) is 17.1 Å². The van der Waals surface area contributed by atoms with Gasteiger partial charge in [0, 0.05) is 18.5 Å². The number of phenolic OH excluding ortho intramolecular Hbond substituents is 1. The minimum atomic E-state index is -0.0676. The summed E-state index contributed by atoms with van der Waals surface area (Å²) in [6.07, 6.45) is 0. The van der Waals surface area contributed by atoms with Crippen molar-refractivity contribution < 1.29 is 9.84 Å². The van der Waals surface area contributed by atoms with Gasteiger partial charge in [-0.25, -0.2) is 0 Å². The first-order valence-corrected chi connectivity index (χ1v) is 9.29. The van der Waals surface area contributed by atoms with Crippen LogP contribution in [0.3, 0.4) is 0 Å². The van der Waals surface area contributed by atoms with Gasteiger partial charge in [-0.3, -0.25) is 15.3 Å². The number of thiol groups is 1. The number of phenols is 1. The Bertz CT molecular complexity index is 1080. The Labute approximate surface area is 173 Å². The van der Waals surface area contributed by atoms with Crippen LogP contribution in [0.4, 0.5) is 5.69 Å². The Morgan fingerprint density at radius 1 is 1.17 bits per heavy atom. The molecule has 3 aromatic carbocycles. The molecule has 0 aliphatic heterocycles. The van der Waals surface area contributed by atoms with Gasteiger partial charge in [0.15, 0.2) is 5.17 Å². The van der Waals surface area contributed by atoms with E-state index in [-0.39, 0.29) is 24.1 Å². The molecule has 0 aromatic heterocycles. The second kappa shape index (κ2) is 9.20. The molecule has 3 rings (SSSR count). The minimum Gasteiger partial charge on any atom is -0.507 e. The molecule has 0 heterocycles. The van der Waals surface area contributed by atoms with E-state index in [2.05, 4.69) is 22.8 Å². The summed E-state index contributed by atoms with van der Waals surface area (Å²) in [6, 6.07) is 18.3. The molecule has 0 bridgehead atoms. The molecule has 29 heavy (non-hydrogen) atoms. The second-order valence-electron chi connectivity index (χ2n) is 6.08. The molecule has 3 aromatic rings. The summed E-state index contributed by atoms with van der Waals surface area (Å²) >= 11 is 4.27. The lowest BCUT2D eigenvalue weighted by molar-refractivity contribution is 0.326. The molecule has 2 N–H and O–H groups in total. The minimum absolute atomic E-state index is 0.0237. The summed E-state index contributed by atoms with van der Waals surface area (Å²) in [5, 5.41) is 23.4. The number of ether oxygens (including phenoxy) is 1. The van der Waals surface area contributed by atoms with Gasteiger partial charge in [0.2, 0.25) is 0 Å². The van der Waals surface area contributed by atoms with Crippen LogP contribution in [0.15, 0.2) is 70.8 Å². The highest BCUT2D eigenvalue weighted by molar-refractivity contribution is 7.97. The number of aromatic hydroxyl groups is 1. The number of rotatable bonds is 6. The largest absolute Gasteiger partial charge is 0.507 e. The van der Waals surface area contributed by atoms with Crippen molar-refractivity contribution in [1.29, 1.82) is 5.41 Å². The van der Waals surface area contributed by atoms with Crippen LogP contribution in [0.5, 0.6) is 11.5 Å². The Kier molecular flexibility index (Phi) is 6.46. The summed E-state index contributed by atoms with van der Waals surface area (Å²) in [6.45, 7) is 0.149. The fourth-order valence-electron chi connectivity index (χ4n) is 3.06. The zero-order chi connectivity index (χ0) is 20.8. The van der Waals surface area contributed by atoms with Gasteiger partial charge in [-0.1, -0.05) is 41.6 Å². The van der Waals surface area contributed by atoms with E-state index in [0.717, 1.165) is 16.5 Å². The molecule has 148 valence electrons. The predicted octanol–water partition coefficient (Wildman–Crippen LogP) is 4.44. The van der Waals surface area contributed by atoms with Crippen LogP contribution in [0.1, 0.15) is 5.56 Å². The topological polar surface area (TPSA) is 98.3 Å². The van der Waals surface area contributed by atoms with Crippen molar-refractivity contribution in [3.63, 3.8) is 0 Å². The van der Waals surface area contributed by atoms with E-state index in [9.17, 15) is 10.0 Å². The number of nitrogens with one attached hydrogen (secondary N) is 1. The molecular formula is C21H20N4O3S. The third-order valence-corrected chi connectivity index (χ3v) is 4.50. The monoisotopic (exact) mass is 408 g/mol. The first kappa shape index (κ1) is 20.3. The Morgan fingerprint density at radius 2 is 1.93 bits per heavy atom. The normalized spacial score (nSPS) is 11.3. The Morgan fingerprint density at radius 3 is 2.62 bits per heavy atom. The fraction of sp³-hybridized carbons (Fsp3) is 0.143. The maximum absolute atomic E-state index is 10.6. The number of amidine groups is 2. The van der Waals surface area contributed by atoms with Crippen molar-refractivity contribution in [2.75, 3.05) is 25.1 Å². The summed E-state index contributed by atoms with van der Waals surface area (Å²) in [7, 11) is 1.59. The number of nitroso groups, excluding NO2 is 1. The van der Waals surface area contributed by atoms with E-state index in [1.807, 2.05) is 42.5 Å². The SMILES string of the molecule is C/N=C(/c1ccc(OCCN=O)cc1O)N(C(=N)S)c1cccc2ccccc12. The lowest BCUT2D eigenvalue weighted by atomic mass is 10.1. The van der Waals surface area contributed by atoms with Crippen LogP contribution < -0.4 is 9.64 Å². The summed E-state index contributed by atoms with van der Waals surface area (Å²) < 4.78 is 5.38. The molecule has 0 aliphatic carbocycles. The number of hydrogen-bond donors (Lipinski definition) is 3. The standard InChI is InChI=1S/C21H20N4O3S/c1-23-20(17-10-9-15(13-19(17)26)28-12-11-24-27)25(21(22)29)18-8-4-6-14-5-2-3-7-16(14)18/h2-10,13,26H,11-12H2,1H3,(H2,22,29)/b23-20-. The third kappa shape index (κ3) is 4.38. The average molecular weight is 408 g/mol. The van der Waals surface area contributed by atoms with Crippen LogP contribution in [0.2, 0.25) is 0 Å². The molecule has 0 aliphatic rings. The highest BCUT2D eigenvalue weighted by atomic mass is 32.1. The number of fused-ring (bicyclic) bond motifs is 1. The van der Waals surface area contributed by atoms with Crippen molar-refractivity contribution in [3.05, 3.63) is 71.1 Å². The number of anilines is 1. The van der Waals surface area contributed by atoms with Crippen LogP contribution >= 0.6 is 12.6 Å². The molecule has 0 radical (unpaired) electrons. The second-order valence-corrected chi connectivity index (χ2v) is 6.51. The van der Waals surface area contributed by atoms with Crippen LogP contribution in [-0.2, 0) is 0 Å². The maximum Gasteiger partial charge on any atom is 0.163 e. The quantitative estimate of drug-likeness (QED) is 0.185. The van der Waals surface area contributed by atoms with Crippen molar-refractivity contribution in [1.82, 2.24) is 0 Å². The van der Waals surface area contributed by atoms with Crippen molar-refractivity contribution >= 4 is 40.1 Å². The Hall–Kier alpha value is -3.39. The molecule has 0 unspecified atom stereocenters. The molecule has 0 amide bonds. The molecule has 8 heteroatoms. The zero-order valence-electron chi connectivity index (χ0n) is 15.7. The van der Waals surface area contributed by atoms with Crippen molar-refractivity contribution in [3.8, 4) is 11.5 Å². The first-order chi connectivity index (χ1) is 14.1. The fourth-order valence-corrected chi connectivity index (χ4v) is 3.27. The number of nitrogens with zero attached hydrogens (tertiary/aromatic N) is 3. The maximum atomic E-state index is 10.6. The lowest BCUT2D eigenvalue weighted by Crippen LogP contribution is -2.34. The van der Waals surface area contributed by atoms with E-state index in [4.69, 9.17) is 10.1 Å². The van der Waals surface area contributed by atoms with E-state index < -0.39 is 0 Å². The van der Waals surface area contributed by atoms with Crippen LogP contribution in [-0.4, -0.2) is 36.3 Å². The van der Waals surface area contributed by atoms with Gasteiger partial charge in [0.25, 0.3) is 0 Å². The van der Waals surface area contributed by atoms with Crippen LogP contribution in [0.25, 0.3) is 10.8 Å². The summed E-state index contributed by atoms with van der Waals surface area (Å²) in [5.74, 6) is 0.699. The molecule has 0 atom stereocenters. The number of benzene rings is 3. The predicted molar refractivity (Wildman–Crippen MR) is 120 cm³/mol. The van der Waals surface area contributed by atoms with Crippen LogP contribution in [0, 0.1) is 10.3 Å². The number of aliphatic imine (C=N–C) groups is 1. The smallest absolute Gasteiger partial charge is 0.163 e. The van der Waals surface area contributed by atoms with Crippen molar-refractivity contribution in [2.45, 2.75) is 0 Å². The van der Waals surface area contributed by atoms with E-state index in [1.54, 1.807) is 24.1 Å². The van der Waals surface area contributed by atoms with E-state index >= 15 is 0 Å². The molecule has 0 saturated heterocycles. The third-order valence-electron chi connectivity index (χ3n) is 4.30. The molecule has 0 saturated carbocycles. The molecule has 0 spiro atoms. The van der Waals surface area contributed by atoms with Gasteiger partial charge in [-0.05, 0) is 23.6 Å². The lowest BCUT2D eigenvalue weighted by Gasteiger charge is -2.26. The summed E-state index contributed by atoms with van der Waals surface area (Å²) in [4.78, 5) is 16.1. The summed E-state index contributed by atoms with van der Waals surface area (Å²) in [5.41, 5.74) is 1.14. The Balaban J connectivity index is 2.04. The highest BCUT2D eigenvalue weighted by Crippen LogP contribution is 2.32. The van der Waals surface area contributed by atoms with Gasteiger partial charge < -0.3 is 9.84 Å². The molecular weight excluding hydrogens is 388 g/mol. The number of hydrogen-bond acceptors (Lipinski definition) is 6. The van der Waals surface area contributed by atoms with Gasteiger partial charge in [0.1, 0.15) is 30.5 Å². The zero-order valence-corrected chi connectivity index (χ0v) is 16.6. The van der Waals surface area contributed by atoms with E-state index in [1.165, 1.54) is 6.07 Å².